The van der Waals surface area contributed by atoms with E-state index in [1.807, 2.05) is 18.2 Å². The van der Waals surface area contributed by atoms with E-state index in [2.05, 4.69) is 15.5 Å². The van der Waals surface area contributed by atoms with E-state index in [1.165, 1.54) is 11.3 Å². The van der Waals surface area contributed by atoms with Gasteiger partial charge in [-0.3, -0.25) is 9.59 Å². The fourth-order valence-corrected chi connectivity index (χ4v) is 5.70. The molecule has 0 fully saturated rings. The van der Waals surface area contributed by atoms with Crippen molar-refractivity contribution < 1.29 is 23.5 Å². The Morgan fingerprint density at radius 3 is 2.88 bits per heavy atom. The molecule has 2 aromatic heterocycles. The Morgan fingerprint density at radius 2 is 2.06 bits per heavy atom. The van der Waals surface area contributed by atoms with Crippen molar-refractivity contribution >= 4 is 39.9 Å². The molecular formula is C21H20N4O5S2. The molecule has 2 amide bonds. The molecule has 11 heteroatoms. The molecule has 0 unspecified atom stereocenters. The van der Waals surface area contributed by atoms with Gasteiger partial charge in [0.05, 0.1) is 10.8 Å². The normalized spacial score (nSPS) is 17.6. The van der Waals surface area contributed by atoms with Crippen LogP contribution in [0.2, 0.25) is 0 Å². The van der Waals surface area contributed by atoms with Gasteiger partial charge in [0, 0.05) is 4.88 Å². The predicted molar refractivity (Wildman–Crippen MR) is 118 cm³/mol. The van der Waals surface area contributed by atoms with Crippen molar-refractivity contribution in [3.8, 4) is 11.5 Å². The average molecular weight is 473 g/mol. The van der Waals surface area contributed by atoms with Gasteiger partial charge in [-0.1, -0.05) is 23.9 Å². The summed E-state index contributed by atoms with van der Waals surface area (Å²) in [6.45, 7) is 1.98. The van der Waals surface area contributed by atoms with Crippen molar-refractivity contribution in [3.63, 3.8) is 0 Å². The number of hydrogen-bond acceptors (Lipinski definition) is 9. The van der Waals surface area contributed by atoms with E-state index in [0.29, 0.717) is 22.1 Å². The maximum atomic E-state index is 12.8. The summed E-state index contributed by atoms with van der Waals surface area (Å²) in [5.74, 6) is 0.761. The van der Waals surface area contributed by atoms with Crippen molar-refractivity contribution in [2.24, 2.45) is 5.73 Å². The number of primary amides is 1. The summed E-state index contributed by atoms with van der Waals surface area (Å²) in [6.07, 6.45) is 2.19. The van der Waals surface area contributed by atoms with Gasteiger partial charge in [0.15, 0.2) is 11.5 Å². The summed E-state index contributed by atoms with van der Waals surface area (Å²) in [6, 6.07) is 7.35. The lowest BCUT2D eigenvalue weighted by Crippen LogP contribution is -2.24. The lowest BCUT2D eigenvalue weighted by Gasteiger charge is -2.23. The highest BCUT2D eigenvalue weighted by Crippen LogP contribution is 2.39. The smallest absolute Gasteiger partial charge is 0.277 e. The topological polar surface area (TPSA) is 130 Å². The molecule has 2 atom stereocenters. The number of fused-ring (bicyclic) bond motifs is 2. The number of amides is 2. The van der Waals surface area contributed by atoms with E-state index in [9.17, 15) is 9.59 Å². The molecule has 0 saturated carbocycles. The molecule has 166 valence electrons. The minimum Gasteiger partial charge on any atom is -0.485 e. The Bertz CT molecular complexity index is 1190. The average Bonchev–Trinajstić information content (AvgIpc) is 3.49. The third-order valence-corrected chi connectivity index (χ3v) is 7.40. The third kappa shape index (κ3) is 3.93. The van der Waals surface area contributed by atoms with Gasteiger partial charge < -0.3 is 24.9 Å². The molecule has 0 spiro atoms. The van der Waals surface area contributed by atoms with Crippen LogP contribution in [0.15, 0.2) is 33.9 Å². The fourth-order valence-electron chi connectivity index (χ4n) is 3.71. The van der Waals surface area contributed by atoms with Crippen molar-refractivity contribution in [3.05, 3.63) is 46.2 Å². The number of para-hydroxylation sites is 2. The van der Waals surface area contributed by atoms with E-state index < -0.39 is 17.3 Å². The highest BCUT2D eigenvalue weighted by atomic mass is 32.2. The van der Waals surface area contributed by atoms with Crippen molar-refractivity contribution in [1.29, 1.82) is 0 Å². The first kappa shape index (κ1) is 20.8. The second-order valence-corrected chi connectivity index (χ2v) is 9.84. The van der Waals surface area contributed by atoms with Gasteiger partial charge in [-0.25, -0.2) is 0 Å². The van der Waals surface area contributed by atoms with Crippen LogP contribution in [-0.2, 0) is 17.6 Å². The van der Waals surface area contributed by atoms with Crippen LogP contribution in [0.3, 0.4) is 0 Å². The Kier molecular flexibility index (Phi) is 5.51. The number of ether oxygens (including phenoxy) is 2. The first-order valence-corrected chi connectivity index (χ1v) is 11.8. The Balaban J connectivity index is 1.24. The SMILES string of the molecule is C[C@H](Sc1nnc([C@H]2COc3ccccc3O2)o1)C(=O)Nc1sc2c(c1C(N)=O)CCC2. The van der Waals surface area contributed by atoms with Crippen LogP contribution < -0.4 is 20.5 Å². The fraction of sp³-hybridized carbons (Fsp3) is 0.333. The lowest BCUT2D eigenvalue weighted by atomic mass is 10.1. The molecular weight excluding hydrogens is 452 g/mol. The summed E-state index contributed by atoms with van der Waals surface area (Å²) in [5.41, 5.74) is 6.97. The van der Waals surface area contributed by atoms with Crippen LogP contribution in [-0.4, -0.2) is 33.9 Å². The zero-order valence-electron chi connectivity index (χ0n) is 17.1. The van der Waals surface area contributed by atoms with E-state index in [0.717, 1.165) is 41.5 Å². The van der Waals surface area contributed by atoms with Gasteiger partial charge in [-0.05, 0) is 43.9 Å². The molecule has 0 saturated heterocycles. The summed E-state index contributed by atoms with van der Waals surface area (Å²) < 4.78 is 17.3. The number of carbonyl (C=O) groups excluding carboxylic acids is 2. The summed E-state index contributed by atoms with van der Waals surface area (Å²) in [7, 11) is 0. The zero-order chi connectivity index (χ0) is 22.2. The number of benzene rings is 1. The second-order valence-electron chi connectivity index (χ2n) is 7.45. The quantitative estimate of drug-likeness (QED) is 0.523. The Hall–Kier alpha value is -3.05. The number of nitrogens with one attached hydrogen (secondary N) is 1. The number of rotatable bonds is 6. The van der Waals surface area contributed by atoms with E-state index in [1.54, 1.807) is 13.0 Å². The number of anilines is 1. The van der Waals surface area contributed by atoms with Crippen LogP contribution in [0.4, 0.5) is 5.00 Å². The van der Waals surface area contributed by atoms with Gasteiger partial charge >= 0.3 is 0 Å². The Labute approximate surface area is 191 Å². The van der Waals surface area contributed by atoms with Gasteiger partial charge in [0.1, 0.15) is 11.6 Å². The maximum Gasteiger partial charge on any atom is 0.277 e. The van der Waals surface area contributed by atoms with Crippen LogP contribution >= 0.6 is 23.1 Å². The first-order valence-electron chi connectivity index (χ1n) is 10.1. The zero-order valence-corrected chi connectivity index (χ0v) is 18.8. The largest absolute Gasteiger partial charge is 0.485 e. The molecule has 3 heterocycles. The summed E-state index contributed by atoms with van der Waals surface area (Å²) in [4.78, 5) is 25.8. The molecule has 3 N–H and O–H groups in total. The highest BCUT2D eigenvalue weighted by Gasteiger charge is 2.30. The third-order valence-electron chi connectivity index (χ3n) is 5.26. The molecule has 1 aliphatic carbocycles. The Morgan fingerprint density at radius 1 is 1.25 bits per heavy atom. The minimum absolute atomic E-state index is 0.244. The van der Waals surface area contributed by atoms with Crippen LogP contribution in [0.5, 0.6) is 11.5 Å². The van der Waals surface area contributed by atoms with Gasteiger partial charge in [0.2, 0.25) is 12.0 Å². The van der Waals surface area contributed by atoms with Gasteiger partial charge in [0.25, 0.3) is 17.0 Å². The minimum atomic E-state index is -0.537. The monoisotopic (exact) mass is 472 g/mol. The number of aromatic nitrogens is 2. The van der Waals surface area contributed by atoms with E-state index >= 15 is 0 Å². The molecule has 32 heavy (non-hydrogen) atoms. The van der Waals surface area contributed by atoms with Crippen molar-refractivity contribution in [2.75, 3.05) is 11.9 Å². The van der Waals surface area contributed by atoms with Crippen molar-refractivity contribution in [1.82, 2.24) is 10.2 Å². The second kappa shape index (κ2) is 8.47. The summed E-state index contributed by atoms with van der Waals surface area (Å²) >= 11 is 2.55. The molecule has 0 radical (unpaired) electrons. The molecule has 5 rings (SSSR count). The maximum absolute atomic E-state index is 12.8. The number of carbonyl (C=O) groups is 2. The molecule has 3 aromatic rings. The van der Waals surface area contributed by atoms with E-state index in [-0.39, 0.29) is 23.6 Å². The van der Waals surface area contributed by atoms with Gasteiger partial charge in [-0.15, -0.1) is 21.5 Å². The van der Waals surface area contributed by atoms with E-state index in [4.69, 9.17) is 19.6 Å². The number of nitrogens with zero attached hydrogens (tertiary/aromatic N) is 2. The number of thiophene rings is 1. The molecule has 1 aromatic carbocycles. The molecule has 2 aliphatic rings. The molecule has 9 nitrogen and oxygen atoms in total. The highest BCUT2D eigenvalue weighted by molar-refractivity contribution is 8.00. The standard InChI is InChI=1S/C21H20N4O5S2/c1-10(18(27)23-20-16(17(22)26)11-5-4-8-15(11)32-20)31-21-25-24-19(30-21)14-9-28-12-6-2-3-7-13(12)29-14/h2-3,6-7,10,14H,4-5,8-9H2,1H3,(H2,22,26)(H,23,27)/t10-,14+/m0/s1. The first-order chi connectivity index (χ1) is 15.5. The van der Waals surface area contributed by atoms with Crippen LogP contribution in [0.1, 0.15) is 46.1 Å². The van der Waals surface area contributed by atoms with Crippen LogP contribution in [0.25, 0.3) is 0 Å². The van der Waals surface area contributed by atoms with Crippen molar-refractivity contribution in [2.45, 2.75) is 42.8 Å². The number of hydrogen-bond donors (Lipinski definition) is 2. The molecule has 1 aliphatic heterocycles. The van der Waals surface area contributed by atoms with Crippen LogP contribution in [0, 0.1) is 0 Å². The number of aryl methyl sites for hydroxylation is 1. The molecule has 0 bridgehead atoms. The van der Waals surface area contributed by atoms with Gasteiger partial charge in [-0.2, -0.15) is 0 Å². The predicted octanol–water partition coefficient (Wildman–Crippen LogP) is 3.35. The lowest BCUT2D eigenvalue weighted by molar-refractivity contribution is -0.115. The number of thioether (sulfide) groups is 1. The summed E-state index contributed by atoms with van der Waals surface area (Å²) in [5, 5.41) is 11.1. The number of nitrogens with two attached hydrogens (primary N) is 1.